The number of hydrogen-bond donors (Lipinski definition) is 3. The van der Waals surface area contributed by atoms with Gasteiger partial charge >= 0.3 is 12.3 Å². The molecule has 1 saturated heterocycles. The molecule has 2 aromatic carbocycles. The van der Waals surface area contributed by atoms with Crippen molar-refractivity contribution < 1.29 is 27.8 Å². The Bertz CT molecular complexity index is 1600. The van der Waals surface area contributed by atoms with Crippen LogP contribution in [0.2, 0.25) is 5.02 Å². The third-order valence-electron chi connectivity index (χ3n) is 6.09. The second-order valence-corrected chi connectivity index (χ2v) is 11.8. The summed E-state index contributed by atoms with van der Waals surface area (Å²) in [6.07, 6.45) is -2.19. The molecule has 13 heteroatoms. The minimum atomic E-state index is -4.65. The summed E-state index contributed by atoms with van der Waals surface area (Å²) in [5.74, 6) is -0.315. The van der Waals surface area contributed by atoms with Gasteiger partial charge in [0.05, 0.1) is 23.3 Å². The van der Waals surface area contributed by atoms with Gasteiger partial charge in [0.1, 0.15) is 10.5 Å². The fourth-order valence-corrected chi connectivity index (χ4v) is 5.45. The highest BCUT2D eigenvalue weighted by Gasteiger charge is 2.35. The lowest BCUT2D eigenvalue weighted by Crippen LogP contribution is -2.60. The van der Waals surface area contributed by atoms with Gasteiger partial charge in [0.15, 0.2) is 5.13 Å². The number of amides is 1. The van der Waals surface area contributed by atoms with Crippen LogP contribution in [0.25, 0.3) is 22.6 Å². The maximum absolute atomic E-state index is 13.9. The Morgan fingerprint density at radius 3 is 2.67 bits per heavy atom. The first-order valence-electron chi connectivity index (χ1n) is 12.2. The normalized spacial score (nSPS) is 14.9. The summed E-state index contributed by atoms with van der Waals surface area (Å²) in [6, 6.07) is 8.65. The van der Waals surface area contributed by atoms with E-state index in [1.54, 1.807) is 45.2 Å². The molecule has 0 bridgehead atoms. The molecule has 3 N–H and O–H groups in total. The predicted octanol–water partition coefficient (Wildman–Crippen LogP) is 6.70. The standard InChI is InChI=1S/C27H25ClF3N5O3S/c1-26(2,3)39-25(38)33-18-12-36(13-18)24-34-23(37)22(40-24)19(14-5-7-21-16(8-14)11-32-35-21)9-15-4-6-17(28)10-20(15)27(29,30)31/h4-11,18,37H,12-13H2,1-3H3,(H,32,35)(H,33,38). The highest BCUT2D eigenvalue weighted by molar-refractivity contribution is 7.17. The highest BCUT2D eigenvalue weighted by atomic mass is 35.5. The maximum atomic E-state index is 13.9. The molecule has 0 spiro atoms. The van der Waals surface area contributed by atoms with Crippen LogP contribution in [0.15, 0.2) is 42.6 Å². The Morgan fingerprint density at radius 2 is 1.98 bits per heavy atom. The summed E-state index contributed by atoms with van der Waals surface area (Å²) < 4.78 is 47.0. The van der Waals surface area contributed by atoms with Gasteiger partial charge in [-0.1, -0.05) is 35.1 Å². The van der Waals surface area contributed by atoms with E-state index in [1.807, 2.05) is 4.90 Å². The van der Waals surface area contributed by atoms with Crippen molar-refractivity contribution in [3.8, 4) is 5.88 Å². The van der Waals surface area contributed by atoms with Gasteiger partial charge in [-0.05, 0) is 62.2 Å². The van der Waals surface area contributed by atoms with Crippen LogP contribution >= 0.6 is 22.9 Å². The largest absolute Gasteiger partial charge is 0.492 e. The molecule has 0 aliphatic carbocycles. The molecule has 1 aliphatic rings. The zero-order chi connectivity index (χ0) is 28.8. The summed E-state index contributed by atoms with van der Waals surface area (Å²) in [6.45, 7) is 6.19. The van der Waals surface area contributed by atoms with Crippen LogP contribution in [0.1, 0.15) is 42.3 Å². The lowest BCUT2D eigenvalue weighted by molar-refractivity contribution is -0.137. The van der Waals surface area contributed by atoms with Gasteiger partial charge < -0.3 is 20.1 Å². The molecule has 1 amide bonds. The fourth-order valence-electron chi connectivity index (χ4n) is 4.26. The van der Waals surface area contributed by atoms with E-state index in [9.17, 15) is 23.1 Å². The quantitative estimate of drug-likeness (QED) is 0.223. The monoisotopic (exact) mass is 591 g/mol. The molecule has 4 aromatic rings. The Labute approximate surface area is 236 Å². The second-order valence-electron chi connectivity index (χ2n) is 10.4. The first-order chi connectivity index (χ1) is 18.8. The van der Waals surface area contributed by atoms with Gasteiger partial charge in [-0.3, -0.25) is 5.10 Å². The van der Waals surface area contributed by atoms with E-state index in [0.29, 0.717) is 34.2 Å². The van der Waals surface area contributed by atoms with E-state index in [4.69, 9.17) is 16.3 Å². The molecule has 210 valence electrons. The highest BCUT2D eigenvalue weighted by Crippen LogP contribution is 2.43. The molecule has 8 nitrogen and oxygen atoms in total. The zero-order valence-electron chi connectivity index (χ0n) is 21.6. The van der Waals surface area contributed by atoms with E-state index >= 15 is 0 Å². The lowest BCUT2D eigenvalue weighted by Gasteiger charge is -2.39. The Balaban J connectivity index is 1.49. The first-order valence-corrected chi connectivity index (χ1v) is 13.4. The average molecular weight is 592 g/mol. The van der Waals surface area contributed by atoms with Gasteiger partial charge in [0.2, 0.25) is 5.88 Å². The van der Waals surface area contributed by atoms with Gasteiger partial charge in [-0.2, -0.15) is 23.3 Å². The number of H-pyrrole nitrogens is 1. The van der Waals surface area contributed by atoms with E-state index < -0.39 is 23.4 Å². The minimum absolute atomic E-state index is 0.0407. The number of aromatic nitrogens is 3. The van der Waals surface area contributed by atoms with E-state index in [2.05, 4.69) is 20.5 Å². The van der Waals surface area contributed by atoms with Crippen molar-refractivity contribution >= 4 is 56.7 Å². The Morgan fingerprint density at radius 1 is 1.23 bits per heavy atom. The lowest BCUT2D eigenvalue weighted by atomic mass is 9.97. The van der Waals surface area contributed by atoms with Crippen molar-refractivity contribution in [1.29, 1.82) is 0 Å². The molecule has 2 aromatic heterocycles. The molecule has 0 unspecified atom stereocenters. The van der Waals surface area contributed by atoms with Crippen LogP contribution in [0, 0.1) is 0 Å². The summed E-state index contributed by atoms with van der Waals surface area (Å²) in [5, 5.41) is 21.7. The van der Waals surface area contributed by atoms with E-state index in [-0.39, 0.29) is 22.5 Å². The van der Waals surface area contributed by atoms with Crippen molar-refractivity contribution in [2.75, 3.05) is 18.0 Å². The topological polar surface area (TPSA) is 103 Å². The maximum Gasteiger partial charge on any atom is 0.417 e. The van der Waals surface area contributed by atoms with Crippen molar-refractivity contribution in [3.05, 3.63) is 69.2 Å². The second kappa shape index (κ2) is 10.3. The number of alkyl halides is 3. The number of anilines is 1. The van der Waals surface area contributed by atoms with Crippen LogP contribution in [0.5, 0.6) is 5.88 Å². The fraction of sp³-hybridized carbons (Fsp3) is 0.296. The van der Waals surface area contributed by atoms with Crippen molar-refractivity contribution in [3.63, 3.8) is 0 Å². The molecular formula is C27H25ClF3N5O3S. The molecular weight excluding hydrogens is 567 g/mol. The van der Waals surface area contributed by atoms with Crippen LogP contribution in [0.3, 0.4) is 0 Å². The third-order valence-corrected chi connectivity index (χ3v) is 7.46. The minimum Gasteiger partial charge on any atom is -0.492 e. The first kappa shape index (κ1) is 27.8. The number of nitrogens with one attached hydrogen (secondary N) is 2. The molecule has 0 atom stereocenters. The summed E-state index contributed by atoms with van der Waals surface area (Å²) in [5.41, 5.74) is 0.0338. The van der Waals surface area contributed by atoms with Gasteiger partial charge in [0.25, 0.3) is 0 Å². The zero-order valence-corrected chi connectivity index (χ0v) is 23.2. The van der Waals surface area contributed by atoms with Gasteiger partial charge in [-0.15, -0.1) is 0 Å². The average Bonchev–Trinajstić information content (AvgIpc) is 3.44. The number of nitrogens with zero attached hydrogens (tertiary/aromatic N) is 3. The van der Waals surface area contributed by atoms with Gasteiger partial charge in [0, 0.05) is 29.1 Å². The van der Waals surface area contributed by atoms with Crippen LogP contribution in [0.4, 0.5) is 23.1 Å². The smallest absolute Gasteiger partial charge is 0.417 e. The molecule has 1 aliphatic heterocycles. The molecule has 0 radical (unpaired) electrons. The Kier molecular flexibility index (Phi) is 7.17. The van der Waals surface area contributed by atoms with Crippen molar-refractivity contribution in [2.45, 2.75) is 38.6 Å². The van der Waals surface area contributed by atoms with Crippen LogP contribution in [-0.2, 0) is 10.9 Å². The summed E-state index contributed by atoms with van der Waals surface area (Å²) in [4.78, 5) is 18.5. The summed E-state index contributed by atoms with van der Waals surface area (Å²) in [7, 11) is 0. The number of thiazole rings is 1. The number of aromatic amines is 1. The molecule has 0 saturated carbocycles. The number of ether oxygens (including phenoxy) is 1. The number of alkyl carbamates (subject to hydrolysis) is 1. The van der Waals surface area contributed by atoms with E-state index in [1.165, 1.54) is 18.2 Å². The van der Waals surface area contributed by atoms with Gasteiger partial charge in [-0.25, -0.2) is 4.79 Å². The number of fused-ring (bicyclic) bond motifs is 1. The number of carbonyl (C=O) groups excluding carboxylic acids is 1. The molecule has 5 rings (SSSR count). The predicted molar refractivity (Wildman–Crippen MR) is 149 cm³/mol. The van der Waals surface area contributed by atoms with Crippen LogP contribution in [-0.4, -0.2) is 51.1 Å². The van der Waals surface area contributed by atoms with Crippen molar-refractivity contribution in [1.82, 2.24) is 20.5 Å². The number of hydrogen-bond acceptors (Lipinski definition) is 7. The Hall–Kier alpha value is -3.77. The molecule has 1 fully saturated rings. The number of halogens is 4. The number of benzene rings is 2. The third kappa shape index (κ3) is 6.02. The van der Waals surface area contributed by atoms with Crippen molar-refractivity contribution in [2.24, 2.45) is 0 Å². The number of aromatic hydroxyl groups is 1. The SMILES string of the molecule is CC(C)(C)OC(=O)NC1CN(c2nc(O)c(C(=Cc3ccc(Cl)cc3C(F)(F)F)c3ccc4[nH]ncc4c3)s2)C1. The number of carbonyl (C=O) groups is 1. The summed E-state index contributed by atoms with van der Waals surface area (Å²) >= 11 is 7.03. The molecule has 40 heavy (non-hydrogen) atoms. The number of rotatable bonds is 5. The van der Waals surface area contributed by atoms with E-state index in [0.717, 1.165) is 28.3 Å². The van der Waals surface area contributed by atoms with Crippen LogP contribution < -0.4 is 10.2 Å². The molecule has 3 heterocycles.